The molecule has 7 heteroatoms. The normalized spacial score (nSPS) is 13.3. The lowest BCUT2D eigenvalue weighted by atomic mass is 9.99. The maximum atomic E-state index is 12.2. The quantitative estimate of drug-likeness (QED) is 0.676. The Hall–Kier alpha value is -1.99. The van der Waals surface area contributed by atoms with Crippen LogP contribution in [-0.4, -0.2) is 11.3 Å². The zero-order valence-corrected chi connectivity index (χ0v) is 13.3. The van der Waals surface area contributed by atoms with E-state index in [1.807, 2.05) is 24.4 Å². The van der Waals surface area contributed by atoms with Crippen LogP contribution in [0, 0.1) is 0 Å². The van der Waals surface area contributed by atoms with E-state index in [4.69, 9.17) is 5.73 Å². The monoisotopic (exact) mass is 384 g/mol. The molecule has 0 saturated heterocycles. The summed E-state index contributed by atoms with van der Waals surface area (Å²) in [6.45, 7) is 0. The molecule has 0 fully saturated rings. The third kappa shape index (κ3) is 3.51. The zero-order chi connectivity index (χ0) is 16.6. The van der Waals surface area contributed by atoms with E-state index in [2.05, 4.69) is 25.7 Å². The molecule has 0 unspecified atom stereocenters. The standard InChI is InChI=1S/C16H12BrF3N2O/c17-10-3-6-14-12(7-10)13(8-22-14)15(21)9-1-4-11(5-2-9)23-16(18,19)20/h1-8,15,22H,21H2/t15-/m1/s1. The Balaban J connectivity index is 1.90. The largest absolute Gasteiger partial charge is 0.573 e. The van der Waals surface area contributed by atoms with Crippen molar-refractivity contribution in [2.24, 2.45) is 5.73 Å². The second kappa shape index (κ2) is 5.90. The number of rotatable bonds is 3. The highest BCUT2D eigenvalue weighted by Crippen LogP contribution is 2.31. The zero-order valence-electron chi connectivity index (χ0n) is 11.7. The summed E-state index contributed by atoms with van der Waals surface area (Å²) in [5.74, 6) is -0.268. The first-order valence-corrected chi connectivity index (χ1v) is 7.50. The topological polar surface area (TPSA) is 51.0 Å². The van der Waals surface area contributed by atoms with Crippen molar-refractivity contribution >= 4 is 26.8 Å². The Bertz CT molecular complexity index is 827. The molecule has 0 aliphatic heterocycles. The summed E-state index contributed by atoms with van der Waals surface area (Å²) in [5.41, 5.74) is 8.76. The molecule has 3 aromatic rings. The highest BCUT2D eigenvalue weighted by molar-refractivity contribution is 9.10. The Kier molecular flexibility index (Phi) is 4.08. The number of halogens is 4. The Morgan fingerprint density at radius 2 is 1.78 bits per heavy atom. The number of nitrogens with two attached hydrogens (primary N) is 1. The lowest BCUT2D eigenvalue weighted by Gasteiger charge is -2.13. The molecule has 2 aromatic carbocycles. The van der Waals surface area contributed by atoms with Crippen LogP contribution >= 0.6 is 15.9 Å². The smallest absolute Gasteiger partial charge is 0.406 e. The molecule has 0 amide bonds. The summed E-state index contributed by atoms with van der Waals surface area (Å²) >= 11 is 3.42. The van der Waals surface area contributed by atoms with Crippen LogP contribution < -0.4 is 10.5 Å². The van der Waals surface area contributed by atoms with Crippen LogP contribution in [0.5, 0.6) is 5.75 Å². The third-order valence-corrected chi connectivity index (χ3v) is 3.98. The highest BCUT2D eigenvalue weighted by Gasteiger charge is 2.31. The first kappa shape index (κ1) is 15.9. The molecule has 0 bridgehead atoms. The molecule has 1 atom stereocenters. The molecule has 3 N–H and O–H groups in total. The number of nitrogens with one attached hydrogen (secondary N) is 1. The van der Waals surface area contributed by atoms with Crippen molar-refractivity contribution in [2.45, 2.75) is 12.4 Å². The summed E-state index contributed by atoms with van der Waals surface area (Å²) in [5, 5.41) is 0.961. The minimum Gasteiger partial charge on any atom is -0.406 e. The summed E-state index contributed by atoms with van der Waals surface area (Å²) in [7, 11) is 0. The number of hydrogen-bond acceptors (Lipinski definition) is 2. The van der Waals surface area contributed by atoms with Crippen molar-refractivity contribution in [1.82, 2.24) is 4.98 Å². The van der Waals surface area contributed by atoms with Gasteiger partial charge in [-0.15, -0.1) is 13.2 Å². The van der Waals surface area contributed by atoms with E-state index < -0.39 is 12.4 Å². The fourth-order valence-corrected chi connectivity index (χ4v) is 2.79. The molecule has 3 nitrogen and oxygen atoms in total. The van der Waals surface area contributed by atoms with Gasteiger partial charge < -0.3 is 15.5 Å². The van der Waals surface area contributed by atoms with Gasteiger partial charge in [0.2, 0.25) is 0 Å². The SMILES string of the molecule is N[C@H](c1ccc(OC(F)(F)F)cc1)c1c[nH]c2ccc(Br)cc12. The van der Waals surface area contributed by atoms with Crippen LogP contribution in [0.2, 0.25) is 0 Å². The van der Waals surface area contributed by atoms with E-state index in [1.54, 1.807) is 0 Å². The maximum absolute atomic E-state index is 12.2. The van der Waals surface area contributed by atoms with Gasteiger partial charge in [0.05, 0.1) is 6.04 Å². The molecule has 0 aliphatic rings. The number of alkyl halides is 3. The summed E-state index contributed by atoms with van der Waals surface area (Å²) < 4.78 is 41.3. The molecule has 0 radical (unpaired) electrons. The van der Waals surface area contributed by atoms with Gasteiger partial charge in [-0.25, -0.2) is 0 Å². The first-order chi connectivity index (χ1) is 10.8. The fraction of sp³-hybridized carbons (Fsp3) is 0.125. The van der Waals surface area contributed by atoms with Gasteiger partial charge in [0.25, 0.3) is 0 Å². The van der Waals surface area contributed by atoms with Crippen molar-refractivity contribution in [3.05, 3.63) is 64.3 Å². The van der Waals surface area contributed by atoms with Crippen molar-refractivity contribution in [2.75, 3.05) is 0 Å². The van der Waals surface area contributed by atoms with Gasteiger partial charge in [-0.2, -0.15) is 0 Å². The van der Waals surface area contributed by atoms with Gasteiger partial charge in [0, 0.05) is 21.6 Å². The van der Waals surface area contributed by atoms with E-state index in [0.717, 1.165) is 20.9 Å². The van der Waals surface area contributed by atoms with Gasteiger partial charge >= 0.3 is 6.36 Å². The number of aromatic nitrogens is 1. The average Bonchev–Trinajstić information content (AvgIpc) is 2.88. The van der Waals surface area contributed by atoms with E-state index in [0.29, 0.717) is 5.56 Å². The second-order valence-corrected chi connectivity index (χ2v) is 5.94. The predicted molar refractivity (Wildman–Crippen MR) is 85.2 cm³/mol. The lowest BCUT2D eigenvalue weighted by Crippen LogP contribution is -2.17. The number of benzene rings is 2. The van der Waals surface area contributed by atoms with Crippen LogP contribution in [0.25, 0.3) is 10.9 Å². The fourth-order valence-electron chi connectivity index (χ4n) is 2.43. The van der Waals surface area contributed by atoms with E-state index >= 15 is 0 Å². The Morgan fingerprint density at radius 3 is 2.43 bits per heavy atom. The molecule has 1 aromatic heterocycles. The van der Waals surface area contributed by atoms with Crippen LogP contribution in [0.15, 0.2) is 53.1 Å². The van der Waals surface area contributed by atoms with E-state index in [9.17, 15) is 13.2 Å². The van der Waals surface area contributed by atoms with Crippen LogP contribution in [0.4, 0.5) is 13.2 Å². The lowest BCUT2D eigenvalue weighted by molar-refractivity contribution is -0.274. The second-order valence-electron chi connectivity index (χ2n) is 5.03. The van der Waals surface area contributed by atoms with E-state index in [-0.39, 0.29) is 5.75 Å². The number of hydrogen-bond donors (Lipinski definition) is 2. The number of aromatic amines is 1. The van der Waals surface area contributed by atoms with Crippen molar-refractivity contribution in [1.29, 1.82) is 0 Å². The van der Waals surface area contributed by atoms with Crippen LogP contribution in [-0.2, 0) is 0 Å². The van der Waals surface area contributed by atoms with Crippen LogP contribution in [0.3, 0.4) is 0 Å². The van der Waals surface area contributed by atoms with Crippen molar-refractivity contribution < 1.29 is 17.9 Å². The molecule has 0 saturated carbocycles. The van der Waals surface area contributed by atoms with Gasteiger partial charge in [-0.3, -0.25) is 0 Å². The molecule has 3 rings (SSSR count). The van der Waals surface area contributed by atoms with Gasteiger partial charge in [-0.1, -0.05) is 28.1 Å². The predicted octanol–water partition coefficient (Wildman–Crippen LogP) is 4.88. The molecular formula is C16H12BrF3N2O. The maximum Gasteiger partial charge on any atom is 0.573 e. The summed E-state index contributed by atoms with van der Waals surface area (Å²) in [6, 6.07) is 10.9. The Labute approximate surface area is 138 Å². The number of ether oxygens (including phenoxy) is 1. The number of H-pyrrole nitrogens is 1. The minimum absolute atomic E-state index is 0.268. The minimum atomic E-state index is -4.70. The molecular weight excluding hydrogens is 373 g/mol. The average molecular weight is 385 g/mol. The first-order valence-electron chi connectivity index (χ1n) is 6.71. The molecule has 1 heterocycles. The Morgan fingerprint density at radius 1 is 1.09 bits per heavy atom. The summed E-state index contributed by atoms with van der Waals surface area (Å²) in [4.78, 5) is 3.13. The number of fused-ring (bicyclic) bond motifs is 1. The molecule has 23 heavy (non-hydrogen) atoms. The van der Waals surface area contributed by atoms with Crippen molar-refractivity contribution in [3.8, 4) is 5.75 Å². The highest BCUT2D eigenvalue weighted by atomic mass is 79.9. The van der Waals surface area contributed by atoms with Crippen LogP contribution in [0.1, 0.15) is 17.2 Å². The summed E-state index contributed by atoms with van der Waals surface area (Å²) in [6.07, 6.45) is -2.89. The van der Waals surface area contributed by atoms with Crippen molar-refractivity contribution in [3.63, 3.8) is 0 Å². The van der Waals surface area contributed by atoms with Gasteiger partial charge in [-0.05, 0) is 41.5 Å². The van der Waals surface area contributed by atoms with Gasteiger partial charge in [0.15, 0.2) is 0 Å². The van der Waals surface area contributed by atoms with Gasteiger partial charge in [0.1, 0.15) is 5.75 Å². The molecule has 0 aliphatic carbocycles. The molecule has 120 valence electrons. The van der Waals surface area contributed by atoms with E-state index in [1.165, 1.54) is 24.3 Å². The third-order valence-electron chi connectivity index (χ3n) is 3.48. The molecule has 0 spiro atoms.